The number of nitro groups is 2. The molecule has 0 aliphatic rings. The molecule has 0 spiro atoms. The normalized spacial score (nSPS) is 9.35. The maximum Gasteiger partial charge on any atom is 0.357 e. The fraction of sp³-hybridized carbons (Fsp3) is 0.167. The lowest BCUT2D eigenvalue weighted by Gasteiger charge is -2.02. The predicted molar refractivity (Wildman–Crippen MR) is 209 cm³/mol. The first-order valence-corrected chi connectivity index (χ1v) is 17.0. The number of aromatic hydroxyl groups is 1. The van der Waals surface area contributed by atoms with Crippen LogP contribution in [-0.2, 0) is 13.2 Å². The standard InChI is InChI=1S/C10H9N3O4.C10H11N3O2.C8H8N2O.C6H5NO3.C2H2BrN/c1-7-11-10(12-17-7)6-16-9-4-2-8(3-5-9)13(14)15;1-7-12-10(13-15-7)6-14-9-4-2-8(11)3-5-9;1-10-6-11-8-4-2-7(9)3-5-8;8-6-3-1-5(2-4-6)7(9)10;1-4-2-3/h2-5H,6H2,1H3;2-5H,6,11H2,1H3;2-5H,6,9H2;1-4,8H;2H2. The molecule has 0 aliphatic heterocycles. The second kappa shape index (κ2) is 25.3. The van der Waals surface area contributed by atoms with E-state index in [4.69, 9.17) is 53.0 Å². The molecule has 0 amide bonds. The van der Waals surface area contributed by atoms with E-state index in [0.29, 0.717) is 58.4 Å². The molecule has 5 N–H and O–H groups in total. The van der Waals surface area contributed by atoms with Crippen LogP contribution in [0.1, 0.15) is 23.4 Å². The molecular weight excluding hydrogens is 812 g/mol. The smallest absolute Gasteiger partial charge is 0.357 e. The van der Waals surface area contributed by atoms with Gasteiger partial charge in [0.1, 0.15) is 23.0 Å². The number of hydrogen-bond donors (Lipinski definition) is 3. The van der Waals surface area contributed by atoms with Gasteiger partial charge in [0.15, 0.2) is 13.2 Å². The van der Waals surface area contributed by atoms with Crippen LogP contribution in [0.3, 0.4) is 0 Å². The van der Waals surface area contributed by atoms with Gasteiger partial charge in [-0.25, -0.2) is 13.1 Å². The molecule has 2 heterocycles. The Morgan fingerprint density at radius 3 is 1.33 bits per heavy atom. The van der Waals surface area contributed by atoms with Crippen LogP contribution in [0.15, 0.2) is 106 Å². The number of nitrogen functional groups attached to an aromatic ring is 2. The third-order valence-corrected chi connectivity index (χ3v) is 6.35. The van der Waals surface area contributed by atoms with Gasteiger partial charge in [-0.1, -0.05) is 10.3 Å². The number of aryl methyl sites for hydroxylation is 2. The molecule has 57 heavy (non-hydrogen) atoms. The van der Waals surface area contributed by atoms with Gasteiger partial charge in [-0.15, -0.1) is 0 Å². The second-order valence-corrected chi connectivity index (χ2v) is 10.9. The molecular formula is C36H35BrN10O10. The van der Waals surface area contributed by atoms with Gasteiger partial charge in [0.2, 0.25) is 23.4 Å². The number of nitrogens with two attached hydrogens (primary N) is 2. The van der Waals surface area contributed by atoms with Gasteiger partial charge in [0.05, 0.1) is 9.85 Å². The number of hydrogen-bond acceptors (Lipinski definition) is 16. The number of anilines is 2. The van der Waals surface area contributed by atoms with Crippen molar-refractivity contribution in [3.8, 4) is 23.0 Å². The highest BCUT2D eigenvalue weighted by molar-refractivity contribution is 9.09. The number of alkyl halides is 1. The van der Waals surface area contributed by atoms with Crippen molar-refractivity contribution in [2.75, 3.05) is 23.7 Å². The average Bonchev–Trinajstić information content (AvgIpc) is 3.84. The molecule has 0 unspecified atom stereocenters. The van der Waals surface area contributed by atoms with Crippen molar-refractivity contribution in [3.63, 3.8) is 0 Å². The van der Waals surface area contributed by atoms with Crippen LogP contribution in [0.2, 0.25) is 0 Å². The molecule has 0 saturated carbocycles. The summed E-state index contributed by atoms with van der Waals surface area (Å²) in [5.74, 6) is 3.91. The van der Waals surface area contributed by atoms with E-state index < -0.39 is 9.85 Å². The Balaban J connectivity index is 0.000000259. The monoisotopic (exact) mass is 846 g/mol. The molecule has 21 heteroatoms. The Morgan fingerprint density at radius 2 is 1.02 bits per heavy atom. The summed E-state index contributed by atoms with van der Waals surface area (Å²) in [5, 5.41) is 36.5. The summed E-state index contributed by atoms with van der Waals surface area (Å²) in [6.45, 7) is 16.4. The van der Waals surface area contributed by atoms with Crippen molar-refractivity contribution in [2.24, 2.45) is 0 Å². The topological polar surface area (TPSA) is 273 Å². The van der Waals surface area contributed by atoms with Crippen LogP contribution in [0.25, 0.3) is 9.69 Å². The second-order valence-electron chi connectivity index (χ2n) is 10.4. The van der Waals surface area contributed by atoms with E-state index in [2.05, 4.69) is 45.9 Å². The Hall–Kier alpha value is -7.78. The molecule has 2 aromatic heterocycles. The number of nitro benzene ring substituents is 2. The minimum Gasteiger partial charge on any atom is -0.508 e. The first kappa shape index (κ1) is 45.4. The third-order valence-electron chi connectivity index (χ3n) is 6.10. The zero-order chi connectivity index (χ0) is 42.0. The highest BCUT2D eigenvalue weighted by Crippen LogP contribution is 2.19. The van der Waals surface area contributed by atoms with Crippen LogP contribution in [0.4, 0.5) is 22.7 Å². The lowest BCUT2D eigenvalue weighted by molar-refractivity contribution is -0.385. The van der Waals surface area contributed by atoms with Gasteiger partial charge in [-0.2, -0.15) is 9.97 Å². The number of nitrogens with zero attached hydrogens (tertiary/aromatic N) is 8. The molecule has 0 radical (unpaired) electrons. The van der Waals surface area contributed by atoms with E-state index in [0.717, 1.165) is 5.75 Å². The fourth-order valence-corrected chi connectivity index (χ4v) is 3.57. The number of aromatic nitrogens is 4. The molecule has 6 rings (SSSR count). The molecule has 0 atom stereocenters. The first-order chi connectivity index (χ1) is 27.3. The van der Waals surface area contributed by atoms with Crippen LogP contribution in [0, 0.1) is 47.2 Å². The Bertz CT molecular complexity index is 2170. The van der Waals surface area contributed by atoms with Crippen molar-refractivity contribution >= 4 is 38.7 Å². The summed E-state index contributed by atoms with van der Waals surface area (Å²) < 4.78 is 25.3. The highest BCUT2D eigenvalue weighted by atomic mass is 79.9. The maximum atomic E-state index is 10.4. The number of phenols is 1. The Morgan fingerprint density at radius 1 is 0.667 bits per heavy atom. The number of ether oxygens (including phenoxy) is 3. The maximum absolute atomic E-state index is 10.4. The number of phenolic OH excluding ortho intramolecular Hbond substituents is 1. The number of benzene rings is 4. The van der Waals surface area contributed by atoms with Gasteiger partial charge >= 0.3 is 6.73 Å². The summed E-state index contributed by atoms with van der Waals surface area (Å²) in [7, 11) is 0. The zero-order valence-electron chi connectivity index (χ0n) is 30.3. The molecule has 20 nitrogen and oxygen atoms in total. The van der Waals surface area contributed by atoms with E-state index in [9.17, 15) is 20.2 Å². The fourth-order valence-electron chi connectivity index (χ4n) is 3.57. The molecule has 0 aliphatic carbocycles. The van der Waals surface area contributed by atoms with Crippen molar-refractivity contribution in [1.82, 2.24) is 20.3 Å². The van der Waals surface area contributed by atoms with E-state index in [-0.39, 0.29) is 30.5 Å². The molecule has 0 bridgehead atoms. The first-order valence-electron chi connectivity index (χ1n) is 15.9. The summed E-state index contributed by atoms with van der Waals surface area (Å²) >= 11 is 2.89. The third kappa shape index (κ3) is 19.2. The van der Waals surface area contributed by atoms with Crippen LogP contribution >= 0.6 is 15.9 Å². The lowest BCUT2D eigenvalue weighted by Crippen LogP contribution is -1.97. The SMILES string of the molecule is Cc1nc(COc2ccc(N)cc2)no1.Cc1nc(COc2ccc([N+](=O)[O-])cc2)no1.O=[N+]([O-])c1ccc(O)cc1.[C-]#[N+]CBr.[C-]#[N+]COc1ccc(N)cc1. The number of non-ortho nitro benzene ring substituents is 2. The van der Waals surface area contributed by atoms with Crippen molar-refractivity contribution in [3.05, 3.63) is 164 Å². The predicted octanol–water partition coefficient (Wildman–Crippen LogP) is 7.49. The summed E-state index contributed by atoms with van der Waals surface area (Å²) in [6.07, 6.45) is 0. The van der Waals surface area contributed by atoms with Crippen molar-refractivity contribution in [1.29, 1.82) is 0 Å². The van der Waals surface area contributed by atoms with E-state index in [1.807, 2.05) is 0 Å². The van der Waals surface area contributed by atoms with E-state index >= 15 is 0 Å². The van der Waals surface area contributed by atoms with Crippen LogP contribution in [0.5, 0.6) is 23.0 Å². The van der Waals surface area contributed by atoms with Crippen LogP contribution in [-0.4, -0.2) is 47.4 Å². The van der Waals surface area contributed by atoms with Gasteiger partial charge in [0.25, 0.3) is 16.8 Å². The van der Waals surface area contributed by atoms with Gasteiger partial charge in [0, 0.05) is 65.4 Å². The molecule has 4 aromatic carbocycles. The lowest BCUT2D eigenvalue weighted by atomic mass is 10.3. The minimum atomic E-state index is -0.514. The van der Waals surface area contributed by atoms with E-state index in [1.54, 1.807) is 62.4 Å². The van der Waals surface area contributed by atoms with Crippen molar-refractivity contribution < 1.29 is 38.2 Å². The molecule has 0 fully saturated rings. The van der Waals surface area contributed by atoms with Gasteiger partial charge < -0.3 is 44.7 Å². The van der Waals surface area contributed by atoms with Gasteiger partial charge in [-0.3, -0.25) is 25.1 Å². The Kier molecular flexibility index (Phi) is 20.1. The minimum absolute atomic E-state index is 0.0159. The average molecular weight is 848 g/mol. The summed E-state index contributed by atoms with van der Waals surface area (Å²) in [5.41, 5.74) is 12.8. The quantitative estimate of drug-likeness (QED) is 0.0301. The number of halogens is 1. The Labute approximate surface area is 333 Å². The molecule has 0 saturated heterocycles. The van der Waals surface area contributed by atoms with Crippen molar-refractivity contribution in [2.45, 2.75) is 27.1 Å². The molecule has 296 valence electrons. The summed E-state index contributed by atoms with van der Waals surface area (Å²) in [6, 6.07) is 24.9. The largest absolute Gasteiger partial charge is 0.508 e. The van der Waals surface area contributed by atoms with Crippen LogP contribution < -0.4 is 25.7 Å². The zero-order valence-corrected chi connectivity index (χ0v) is 31.9. The van der Waals surface area contributed by atoms with Gasteiger partial charge in [-0.05, 0) is 72.8 Å². The number of rotatable bonds is 10. The van der Waals surface area contributed by atoms with E-state index in [1.165, 1.54) is 48.5 Å². The summed E-state index contributed by atoms with van der Waals surface area (Å²) in [4.78, 5) is 33.4. The molecule has 6 aromatic rings. The highest BCUT2D eigenvalue weighted by Gasteiger charge is 2.07.